The Morgan fingerprint density at radius 3 is 2.24 bits per heavy atom. The number of phenolic OH excluding ortho intramolecular Hbond substituents is 1. The first-order chi connectivity index (χ1) is 8.04. The van der Waals surface area contributed by atoms with E-state index in [0.29, 0.717) is 16.3 Å². The van der Waals surface area contributed by atoms with Crippen LogP contribution in [0.5, 0.6) is 5.75 Å². The molecule has 0 aliphatic heterocycles. The smallest absolute Gasteiger partial charge is 0.144 e. The van der Waals surface area contributed by atoms with Crippen LogP contribution in [0.1, 0.15) is 11.1 Å². The molecule has 0 atom stereocenters. The van der Waals surface area contributed by atoms with Crippen molar-refractivity contribution in [1.82, 2.24) is 0 Å². The normalized spacial score (nSPS) is 10.5. The van der Waals surface area contributed by atoms with Crippen molar-refractivity contribution in [1.29, 1.82) is 0 Å². The fraction of sp³-hybridized carbons (Fsp3) is 0.143. The van der Waals surface area contributed by atoms with Crippen molar-refractivity contribution in [2.45, 2.75) is 13.8 Å². The Bertz CT molecular complexity index is 535. The average molecular weight is 248 g/mol. The molecule has 2 aromatic rings. The van der Waals surface area contributed by atoms with E-state index in [1.807, 2.05) is 44.2 Å². The number of anilines is 1. The number of aromatic hydroxyl groups is 1. The van der Waals surface area contributed by atoms with Gasteiger partial charge in [0, 0.05) is 11.3 Å². The summed E-state index contributed by atoms with van der Waals surface area (Å²) >= 11 is 6.10. The van der Waals surface area contributed by atoms with E-state index >= 15 is 0 Å². The van der Waals surface area contributed by atoms with Crippen LogP contribution in [0.2, 0.25) is 5.02 Å². The van der Waals surface area contributed by atoms with E-state index in [1.165, 1.54) is 0 Å². The fourth-order valence-electron chi connectivity index (χ4n) is 1.87. The maximum absolute atomic E-state index is 10.1. The van der Waals surface area contributed by atoms with Gasteiger partial charge in [0.2, 0.25) is 0 Å². The molecule has 0 bridgehead atoms. The lowest BCUT2D eigenvalue weighted by molar-refractivity contribution is 0.477. The van der Waals surface area contributed by atoms with Gasteiger partial charge in [-0.15, -0.1) is 0 Å². The molecular weight excluding hydrogens is 234 g/mol. The van der Waals surface area contributed by atoms with Gasteiger partial charge in [-0.2, -0.15) is 0 Å². The summed E-state index contributed by atoms with van der Waals surface area (Å²) < 4.78 is 0. The minimum atomic E-state index is 0.0541. The van der Waals surface area contributed by atoms with Gasteiger partial charge in [-0.05, 0) is 30.5 Å². The van der Waals surface area contributed by atoms with Crippen LogP contribution in [-0.2, 0) is 0 Å². The van der Waals surface area contributed by atoms with Gasteiger partial charge in [0.25, 0.3) is 0 Å². The van der Waals surface area contributed by atoms with Crippen LogP contribution >= 0.6 is 11.6 Å². The van der Waals surface area contributed by atoms with Crippen LogP contribution in [0.15, 0.2) is 30.3 Å². The van der Waals surface area contributed by atoms with E-state index < -0.39 is 0 Å². The van der Waals surface area contributed by atoms with Crippen molar-refractivity contribution in [2.75, 3.05) is 5.73 Å². The Kier molecular flexibility index (Phi) is 2.99. The molecule has 0 spiro atoms. The summed E-state index contributed by atoms with van der Waals surface area (Å²) in [6.07, 6.45) is 0. The molecule has 2 nitrogen and oxygen atoms in total. The lowest BCUT2D eigenvalue weighted by Crippen LogP contribution is -1.98. The summed E-state index contributed by atoms with van der Waals surface area (Å²) in [6, 6.07) is 9.51. The van der Waals surface area contributed by atoms with Gasteiger partial charge in [-0.25, -0.2) is 0 Å². The van der Waals surface area contributed by atoms with E-state index in [-0.39, 0.29) is 5.75 Å². The molecule has 17 heavy (non-hydrogen) atoms. The molecule has 2 rings (SSSR count). The fourth-order valence-corrected chi connectivity index (χ4v) is 2.10. The van der Waals surface area contributed by atoms with Crippen molar-refractivity contribution in [2.24, 2.45) is 0 Å². The molecule has 0 amide bonds. The summed E-state index contributed by atoms with van der Waals surface area (Å²) in [5.74, 6) is 0.0541. The second-order valence-electron chi connectivity index (χ2n) is 4.07. The molecule has 3 N–H and O–H groups in total. The first-order valence-electron chi connectivity index (χ1n) is 5.36. The van der Waals surface area contributed by atoms with Gasteiger partial charge in [-0.3, -0.25) is 0 Å². The maximum Gasteiger partial charge on any atom is 0.144 e. The Hall–Kier alpha value is -1.67. The van der Waals surface area contributed by atoms with Crippen LogP contribution in [0.4, 0.5) is 5.69 Å². The first-order valence-corrected chi connectivity index (χ1v) is 5.74. The summed E-state index contributed by atoms with van der Waals surface area (Å²) in [5, 5.41) is 10.5. The molecular formula is C14H14ClNO. The summed E-state index contributed by atoms with van der Waals surface area (Å²) in [5.41, 5.74) is 9.85. The van der Waals surface area contributed by atoms with Gasteiger partial charge < -0.3 is 10.8 Å². The third-order valence-electron chi connectivity index (χ3n) is 3.07. The largest absolute Gasteiger partial charge is 0.506 e. The van der Waals surface area contributed by atoms with E-state index in [1.54, 1.807) is 0 Å². The summed E-state index contributed by atoms with van der Waals surface area (Å²) in [6.45, 7) is 3.75. The molecule has 0 aliphatic rings. The first kappa shape index (κ1) is 11.8. The monoisotopic (exact) mass is 247 g/mol. The number of benzene rings is 2. The second kappa shape index (κ2) is 4.30. The highest BCUT2D eigenvalue weighted by atomic mass is 35.5. The zero-order chi connectivity index (χ0) is 12.6. The number of hydrogen-bond donors (Lipinski definition) is 2. The minimum Gasteiger partial charge on any atom is -0.506 e. The van der Waals surface area contributed by atoms with Crippen molar-refractivity contribution < 1.29 is 5.11 Å². The predicted octanol–water partition coefficient (Wildman–Crippen LogP) is 3.91. The highest BCUT2D eigenvalue weighted by Gasteiger charge is 2.17. The molecule has 0 radical (unpaired) electrons. The molecule has 0 saturated carbocycles. The second-order valence-corrected chi connectivity index (χ2v) is 4.45. The Morgan fingerprint density at radius 1 is 1.06 bits per heavy atom. The zero-order valence-electron chi connectivity index (χ0n) is 9.79. The SMILES string of the molecule is Cc1c(C)c(Cl)c(O)c(-c2ccccc2)c1N. The van der Waals surface area contributed by atoms with Gasteiger partial charge >= 0.3 is 0 Å². The lowest BCUT2D eigenvalue weighted by Gasteiger charge is -2.15. The number of nitrogen functional groups attached to an aromatic ring is 1. The minimum absolute atomic E-state index is 0.0541. The van der Waals surface area contributed by atoms with Crippen molar-refractivity contribution in [3.8, 4) is 16.9 Å². The Balaban J connectivity index is 2.80. The van der Waals surface area contributed by atoms with Crippen LogP contribution in [-0.4, -0.2) is 5.11 Å². The summed E-state index contributed by atoms with van der Waals surface area (Å²) in [7, 11) is 0. The average Bonchev–Trinajstić information content (AvgIpc) is 2.36. The van der Waals surface area contributed by atoms with Crippen molar-refractivity contribution in [3.05, 3.63) is 46.5 Å². The number of nitrogens with two attached hydrogens (primary N) is 1. The third-order valence-corrected chi connectivity index (χ3v) is 3.53. The van der Waals surface area contributed by atoms with E-state index in [4.69, 9.17) is 17.3 Å². The Morgan fingerprint density at radius 2 is 1.65 bits per heavy atom. The predicted molar refractivity (Wildman–Crippen MR) is 72.4 cm³/mol. The zero-order valence-corrected chi connectivity index (χ0v) is 10.5. The van der Waals surface area contributed by atoms with E-state index in [9.17, 15) is 5.11 Å². The standard InChI is InChI=1S/C14H14ClNO/c1-8-9(2)13(16)11(14(17)12(8)15)10-6-4-3-5-7-10/h3-7,17H,16H2,1-2H3. The van der Waals surface area contributed by atoms with Crippen LogP contribution in [0.3, 0.4) is 0 Å². The molecule has 0 saturated heterocycles. The summed E-state index contributed by atoms with van der Waals surface area (Å²) in [4.78, 5) is 0. The highest BCUT2D eigenvalue weighted by Crippen LogP contribution is 2.43. The van der Waals surface area contributed by atoms with E-state index in [0.717, 1.165) is 16.7 Å². The highest BCUT2D eigenvalue weighted by molar-refractivity contribution is 6.33. The van der Waals surface area contributed by atoms with Gasteiger partial charge in [-0.1, -0.05) is 41.9 Å². The quantitative estimate of drug-likeness (QED) is 0.751. The number of hydrogen-bond acceptors (Lipinski definition) is 2. The molecule has 2 aromatic carbocycles. The third kappa shape index (κ3) is 1.85. The number of rotatable bonds is 1. The molecule has 0 fully saturated rings. The Labute approximate surface area is 106 Å². The molecule has 3 heteroatoms. The van der Waals surface area contributed by atoms with Crippen LogP contribution < -0.4 is 5.73 Å². The van der Waals surface area contributed by atoms with Gasteiger partial charge in [0.15, 0.2) is 0 Å². The molecule has 0 aliphatic carbocycles. The molecule has 0 unspecified atom stereocenters. The topological polar surface area (TPSA) is 46.2 Å². The van der Waals surface area contributed by atoms with Crippen LogP contribution in [0.25, 0.3) is 11.1 Å². The van der Waals surface area contributed by atoms with Crippen molar-refractivity contribution >= 4 is 17.3 Å². The molecule has 0 aromatic heterocycles. The molecule has 88 valence electrons. The van der Waals surface area contributed by atoms with E-state index in [2.05, 4.69) is 0 Å². The van der Waals surface area contributed by atoms with Gasteiger partial charge in [0.1, 0.15) is 5.75 Å². The molecule has 0 heterocycles. The maximum atomic E-state index is 10.1. The van der Waals surface area contributed by atoms with Crippen LogP contribution in [0, 0.1) is 13.8 Å². The van der Waals surface area contributed by atoms with Crippen molar-refractivity contribution in [3.63, 3.8) is 0 Å². The van der Waals surface area contributed by atoms with Gasteiger partial charge in [0.05, 0.1) is 5.02 Å². The number of phenols is 1. The lowest BCUT2D eigenvalue weighted by atomic mass is 9.96. The number of halogens is 1.